The highest BCUT2D eigenvalue weighted by Crippen LogP contribution is 2.20. The number of carbonyl (C=O) groups is 1. The lowest BCUT2D eigenvalue weighted by atomic mass is 10.1. The summed E-state index contributed by atoms with van der Waals surface area (Å²) in [6.45, 7) is -0.0718. The molecular weight excluding hydrogens is 362 g/mol. The summed E-state index contributed by atoms with van der Waals surface area (Å²) in [5, 5.41) is 9.42. The Morgan fingerprint density at radius 2 is 2.07 bits per heavy atom. The Hall–Kier alpha value is -4.14. The summed E-state index contributed by atoms with van der Waals surface area (Å²) >= 11 is 0. The number of H-pyrrole nitrogens is 2. The Morgan fingerprint density at radius 3 is 2.82 bits per heavy atom. The van der Waals surface area contributed by atoms with Gasteiger partial charge in [-0.3, -0.25) is 19.3 Å². The van der Waals surface area contributed by atoms with Crippen molar-refractivity contribution in [1.29, 1.82) is 0 Å². The van der Waals surface area contributed by atoms with Crippen molar-refractivity contribution in [3.63, 3.8) is 0 Å². The predicted molar refractivity (Wildman–Crippen MR) is 101 cm³/mol. The molecule has 0 fully saturated rings. The summed E-state index contributed by atoms with van der Waals surface area (Å²) in [4.78, 5) is 39.7. The zero-order chi connectivity index (χ0) is 19.5. The number of nitrogens with one attached hydrogen (secondary N) is 3. The van der Waals surface area contributed by atoms with Gasteiger partial charge in [0.1, 0.15) is 11.3 Å². The number of aromatic nitrogens is 4. The molecule has 140 valence electrons. The van der Waals surface area contributed by atoms with Crippen LogP contribution in [-0.4, -0.2) is 25.7 Å². The van der Waals surface area contributed by atoms with E-state index < -0.39 is 17.2 Å². The molecule has 3 N–H and O–H groups in total. The van der Waals surface area contributed by atoms with Crippen LogP contribution in [0.4, 0.5) is 5.69 Å². The minimum absolute atomic E-state index is 0.0718. The van der Waals surface area contributed by atoms with Crippen molar-refractivity contribution in [3.05, 3.63) is 93.3 Å². The van der Waals surface area contributed by atoms with Crippen LogP contribution in [0, 0.1) is 0 Å². The van der Waals surface area contributed by atoms with Gasteiger partial charge in [-0.25, -0.2) is 4.79 Å². The highest BCUT2D eigenvalue weighted by molar-refractivity contribution is 6.04. The fourth-order valence-electron chi connectivity index (χ4n) is 2.76. The van der Waals surface area contributed by atoms with E-state index in [4.69, 9.17) is 4.42 Å². The Morgan fingerprint density at radius 1 is 1.18 bits per heavy atom. The van der Waals surface area contributed by atoms with E-state index in [-0.39, 0.29) is 12.1 Å². The van der Waals surface area contributed by atoms with Gasteiger partial charge in [-0.2, -0.15) is 5.10 Å². The van der Waals surface area contributed by atoms with E-state index in [9.17, 15) is 14.4 Å². The maximum Gasteiger partial charge on any atom is 0.328 e. The minimum atomic E-state index is -0.706. The lowest BCUT2D eigenvalue weighted by Crippen LogP contribution is -2.39. The van der Waals surface area contributed by atoms with Crippen LogP contribution in [0.25, 0.3) is 11.3 Å². The molecule has 0 saturated heterocycles. The number of carbonyl (C=O) groups excluding carboxylic acids is 1. The van der Waals surface area contributed by atoms with Crippen LogP contribution in [0.1, 0.15) is 16.1 Å². The molecule has 9 heteroatoms. The van der Waals surface area contributed by atoms with Crippen molar-refractivity contribution in [1.82, 2.24) is 19.7 Å². The van der Waals surface area contributed by atoms with Crippen molar-refractivity contribution in [3.8, 4) is 11.3 Å². The SMILES string of the molecule is O=C(Nc1cccc(-c2ccn[nH]2)c1)c1c[nH]c(=O)n(Cc2ccco2)c1=O. The number of nitrogens with zero attached hydrogens (tertiary/aromatic N) is 2. The third-order valence-electron chi connectivity index (χ3n) is 4.13. The molecule has 0 radical (unpaired) electrons. The van der Waals surface area contributed by atoms with Gasteiger partial charge >= 0.3 is 5.69 Å². The van der Waals surface area contributed by atoms with Gasteiger partial charge in [0.25, 0.3) is 11.5 Å². The molecular formula is C19H15N5O4. The Labute approximate surface area is 157 Å². The van der Waals surface area contributed by atoms with Gasteiger partial charge in [0.05, 0.1) is 18.5 Å². The number of hydrogen-bond donors (Lipinski definition) is 3. The average molecular weight is 377 g/mol. The van der Waals surface area contributed by atoms with Gasteiger partial charge in [-0.05, 0) is 30.3 Å². The molecule has 28 heavy (non-hydrogen) atoms. The maximum atomic E-state index is 12.6. The van der Waals surface area contributed by atoms with E-state index in [1.54, 1.807) is 42.6 Å². The summed E-state index contributed by atoms with van der Waals surface area (Å²) < 4.78 is 6.08. The van der Waals surface area contributed by atoms with Crippen molar-refractivity contribution < 1.29 is 9.21 Å². The second-order valence-corrected chi connectivity index (χ2v) is 5.98. The van der Waals surface area contributed by atoms with E-state index in [2.05, 4.69) is 20.5 Å². The number of furan rings is 1. The van der Waals surface area contributed by atoms with E-state index in [0.29, 0.717) is 11.4 Å². The van der Waals surface area contributed by atoms with Crippen LogP contribution < -0.4 is 16.6 Å². The van der Waals surface area contributed by atoms with Crippen LogP contribution in [0.3, 0.4) is 0 Å². The van der Waals surface area contributed by atoms with Gasteiger partial charge in [0.15, 0.2) is 0 Å². The second-order valence-electron chi connectivity index (χ2n) is 5.98. The molecule has 0 unspecified atom stereocenters. The molecule has 0 aliphatic rings. The zero-order valence-corrected chi connectivity index (χ0v) is 14.5. The standard InChI is InChI=1S/C19H15N5O4/c25-17(22-13-4-1-3-12(9-13)16-6-7-21-23-16)15-10-20-19(27)24(18(15)26)11-14-5-2-8-28-14/h1-10H,11H2,(H,20,27)(H,21,23)(H,22,25). The number of rotatable bonds is 5. The Kier molecular flexibility index (Phi) is 4.47. The third-order valence-corrected chi connectivity index (χ3v) is 4.13. The molecule has 0 aliphatic carbocycles. The van der Waals surface area contributed by atoms with Crippen molar-refractivity contribution in [2.45, 2.75) is 6.54 Å². The number of benzene rings is 1. The summed E-state index contributed by atoms with van der Waals surface area (Å²) in [6, 6.07) is 12.2. The lowest BCUT2D eigenvalue weighted by Gasteiger charge is -2.08. The first-order valence-electron chi connectivity index (χ1n) is 8.38. The first-order chi connectivity index (χ1) is 13.6. The molecule has 0 saturated carbocycles. The molecule has 1 amide bonds. The molecule has 9 nitrogen and oxygen atoms in total. The fourth-order valence-corrected chi connectivity index (χ4v) is 2.76. The smallest absolute Gasteiger partial charge is 0.328 e. The number of hydrogen-bond acceptors (Lipinski definition) is 5. The highest BCUT2D eigenvalue weighted by Gasteiger charge is 2.16. The van der Waals surface area contributed by atoms with Crippen LogP contribution >= 0.6 is 0 Å². The number of anilines is 1. The van der Waals surface area contributed by atoms with E-state index in [1.165, 1.54) is 6.26 Å². The summed E-state index contributed by atoms with van der Waals surface area (Å²) in [5.74, 6) is -0.200. The molecule has 3 aromatic heterocycles. The quantitative estimate of drug-likeness (QED) is 0.489. The predicted octanol–water partition coefficient (Wildman–Crippen LogP) is 1.82. The number of amides is 1. The average Bonchev–Trinajstić information content (AvgIpc) is 3.39. The topological polar surface area (TPSA) is 126 Å². The normalized spacial score (nSPS) is 10.7. The minimum Gasteiger partial charge on any atom is -0.467 e. The van der Waals surface area contributed by atoms with Crippen molar-refractivity contribution in [2.75, 3.05) is 5.32 Å². The Balaban J connectivity index is 1.61. The highest BCUT2D eigenvalue weighted by atomic mass is 16.3. The largest absolute Gasteiger partial charge is 0.467 e. The molecule has 1 aromatic carbocycles. The molecule has 0 atom stereocenters. The van der Waals surface area contributed by atoms with Crippen molar-refractivity contribution >= 4 is 11.6 Å². The summed E-state index contributed by atoms with van der Waals surface area (Å²) in [7, 11) is 0. The van der Waals surface area contributed by atoms with Crippen LogP contribution in [0.2, 0.25) is 0 Å². The molecule has 3 heterocycles. The van der Waals surface area contributed by atoms with Crippen molar-refractivity contribution in [2.24, 2.45) is 0 Å². The molecule has 4 aromatic rings. The van der Waals surface area contributed by atoms with Gasteiger partial charge in [-0.15, -0.1) is 0 Å². The van der Waals surface area contributed by atoms with Gasteiger partial charge in [0, 0.05) is 23.6 Å². The zero-order valence-electron chi connectivity index (χ0n) is 14.5. The molecule has 0 spiro atoms. The fraction of sp³-hybridized carbons (Fsp3) is 0.0526. The molecule has 0 aliphatic heterocycles. The van der Waals surface area contributed by atoms with Gasteiger partial charge in [0.2, 0.25) is 0 Å². The second kappa shape index (κ2) is 7.23. The van der Waals surface area contributed by atoms with Crippen LogP contribution in [-0.2, 0) is 6.54 Å². The molecule has 0 bridgehead atoms. The van der Waals surface area contributed by atoms with E-state index in [0.717, 1.165) is 22.0 Å². The summed E-state index contributed by atoms with van der Waals surface area (Å²) in [5.41, 5.74) is 0.605. The summed E-state index contributed by atoms with van der Waals surface area (Å²) in [6.07, 6.45) is 4.18. The van der Waals surface area contributed by atoms with Gasteiger partial charge in [-0.1, -0.05) is 12.1 Å². The number of aromatic amines is 2. The Bertz CT molecular complexity index is 1220. The third kappa shape index (κ3) is 3.40. The maximum absolute atomic E-state index is 12.6. The van der Waals surface area contributed by atoms with Gasteiger partial charge < -0.3 is 14.7 Å². The van der Waals surface area contributed by atoms with E-state index >= 15 is 0 Å². The first-order valence-corrected chi connectivity index (χ1v) is 8.38. The van der Waals surface area contributed by atoms with E-state index in [1.807, 2.05) is 6.07 Å². The first kappa shape index (κ1) is 17.3. The monoisotopic (exact) mass is 377 g/mol. The van der Waals surface area contributed by atoms with Crippen LogP contribution in [0.15, 0.2) is 75.1 Å². The lowest BCUT2D eigenvalue weighted by molar-refractivity contribution is 0.102. The molecule has 4 rings (SSSR count). The van der Waals surface area contributed by atoms with Crippen LogP contribution in [0.5, 0.6) is 0 Å².